The molecule has 0 aliphatic carbocycles. The van der Waals surface area contributed by atoms with Crippen LogP contribution in [-0.2, 0) is 28.7 Å². The van der Waals surface area contributed by atoms with Gasteiger partial charge in [0.05, 0.1) is 6.04 Å². The summed E-state index contributed by atoms with van der Waals surface area (Å²) in [6.45, 7) is -1.39. The summed E-state index contributed by atoms with van der Waals surface area (Å²) in [5.74, 6) is -4.12. The predicted octanol–water partition coefficient (Wildman–Crippen LogP) is 4.60. The van der Waals surface area contributed by atoms with E-state index in [4.69, 9.17) is 11.6 Å². The highest BCUT2D eigenvalue weighted by molar-refractivity contribution is 6.80. The minimum Gasteiger partial charge on any atom is -0.449 e. The van der Waals surface area contributed by atoms with Crippen LogP contribution < -0.4 is 0 Å². The summed E-state index contributed by atoms with van der Waals surface area (Å²) < 4.78 is 77.7. The Hall–Kier alpha value is -2.54. The van der Waals surface area contributed by atoms with Crippen LogP contribution in [-0.4, -0.2) is 60.1 Å². The second kappa shape index (κ2) is 13.0. The van der Waals surface area contributed by atoms with Crippen LogP contribution in [0.1, 0.15) is 31.4 Å². The molecule has 0 radical (unpaired) electrons. The molecule has 7 nitrogen and oxygen atoms in total. The fraction of sp³-hybridized carbons (Fsp3) is 0.500. The van der Waals surface area contributed by atoms with Crippen molar-refractivity contribution in [3.05, 3.63) is 34.9 Å². The molecule has 196 valence electrons. The smallest absolute Gasteiger partial charge is 0.422 e. The van der Waals surface area contributed by atoms with Crippen LogP contribution >= 0.6 is 23.2 Å². The fourth-order valence-corrected chi connectivity index (χ4v) is 3.22. The molecular formula is C20H19Cl2F6NO6. The molecular weight excluding hydrogens is 535 g/mol. The lowest BCUT2D eigenvalue weighted by Gasteiger charge is -2.38. The van der Waals surface area contributed by atoms with Crippen molar-refractivity contribution in [2.24, 2.45) is 5.92 Å². The van der Waals surface area contributed by atoms with Gasteiger partial charge in [0.2, 0.25) is 0 Å². The molecule has 1 aromatic carbocycles. The minimum atomic E-state index is -4.67. The Morgan fingerprint density at radius 2 is 1.51 bits per heavy atom. The molecule has 1 heterocycles. The molecule has 0 N–H and O–H groups in total. The number of carbonyl (C=O) groups excluding carboxylic acids is 4. The molecule has 1 aliphatic heterocycles. The molecule has 0 spiro atoms. The molecule has 1 saturated heterocycles. The van der Waals surface area contributed by atoms with Gasteiger partial charge in [-0.15, -0.1) is 0 Å². The average Bonchev–Trinajstić information content (AvgIpc) is 2.74. The Morgan fingerprint density at radius 3 is 2.00 bits per heavy atom. The van der Waals surface area contributed by atoms with Crippen molar-refractivity contribution in [2.75, 3.05) is 19.8 Å². The molecule has 1 fully saturated rings. The Labute approximate surface area is 205 Å². The van der Waals surface area contributed by atoms with Crippen LogP contribution in [0.15, 0.2) is 24.3 Å². The van der Waals surface area contributed by atoms with E-state index >= 15 is 0 Å². The third-order valence-corrected chi connectivity index (χ3v) is 4.77. The zero-order valence-electron chi connectivity index (χ0n) is 17.9. The van der Waals surface area contributed by atoms with E-state index in [9.17, 15) is 45.5 Å². The first-order chi connectivity index (χ1) is 16.0. The Bertz CT molecular complexity index is 924. The van der Waals surface area contributed by atoms with Gasteiger partial charge in [0.15, 0.2) is 13.2 Å². The van der Waals surface area contributed by atoms with E-state index in [0.717, 1.165) is 12.0 Å². The van der Waals surface area contributed by atoms with Gasteiger partial charge in [-0.1, -0.05) is 30.7 Å². The van der Waals surface area contributed by atoms with E-state index in [1.807, 2.05) is 6.92 Å². The van der Waals surface area contributed by atoms with Gasteiger partial charge in [0, 0.05) is 11.6 Å². The Morgan fingerprint density at radius 1 is 0.971 bits per heavy atom. The molecule has 15 heteroatoms. The molecule has 0 bridgehead atoms. The topological polar surface area (TPSA) is 90.0 Å². The number of piperidine rings is 1. The summed E-state index contributed by atoms with van der Waals surface area (Å²) in [6, 6.07) is 6.45. The Kier molecular flexibility index (Phi) is 11.3. The second-order valence-corrected chi connectivity index (χ2v) is 8.15. The van der Waals surface area contributed by atoms with E-state index in [1.165, 1.54) is 4.90 Å². The van der Waals surface area contributed by atoms with Gasteiger partial charge in [0.1, 0.15) is 0 Å². The molecule has 2 rings (SSSR count). The normalized spacial score (nSPS) is 18.1. The number of alkyl halides is 6. The van der Waals surface area contributed by atoms with Crippen molar-refractivity contribution in [1.82, 2.24) is 4.90 Å². The van der Waals surface area contributed by atoms with Crippen molar-refractivity contribution in [3.63, 3.8) is 0 Å². The van der Waals surface area contributed by atoms with Crippen LogP contribution in [0.2, 0.25) is 5.02 Å². The summed E-state index contributed by atoms with van der Waals surface area (Å²) in [7, 11) is 0. The maximum absolute atomic E-state index is 12.3. The van der Waals surface area contributed by atoms with Crippen molar-refractivity contribution >= 4 is 46.3 Å². The van der Waals surface area contributed by atoms with Gasteiger partial charge >= 0.3 is 35.4 Å². The summed E-state index contributed by atoms with van der Waals surface area (Å²) in [6.07, 6.45) is -7.88. The maximum atomic E-state index is 12.3. The number of ether oxygens (including phenoxy) is 2. The van der Waals surface area contributed by atoms with Gasteiger partial charge in [0.25, 0.3) is 0 Å². The van der Waals surface area contributed by atoms with Crippen LogP contribution in [0.25, 0.3) is 0 Å². The van der Waals surface area contributed by atoms with Crippen LogP contribution in [0.4, 0.5) is 26.3 Å². The third kappa shape index (κ3) is 11.6. The van der Waals surface area contributed by atoms with Gasteiger partial charge in [-0.3, -0.25) is 9.59 Å². The average molecular weight is 554 g/mol. The Balaban J connectivity index is 0.000000471. The summed E-state index contributed by atoms with van der Waals surface area (Å²) >= 11 is 10.4. The number of halogens is 8. The molecule has 2 atom stereocenters. The summed E-state index contributed by atoms with van der Waals surface area (Å²) in [5, 5.41) is -1.09. The number of hydrogen-bond donors (Lipinski definition) is 0. The monoisotopic (exact) mass is 553 g/mol. The fourth-order valence-electron chi connectivity index (χ4n) is 2.97. The van der Waals surface area contributed by atoms with Crippen molar-refractivity contribution in [1.29, 1.82) is 0 Å². The summed E-state index contributed by atoms with van der Waals surface area (Å²) in [4.78, 5) is 45.0. The maximum Gasteiger partial charge on any atom is 0.422 e. The first-order valence-electron chi connectivity index (χ1n) is 9.73. The number of carbonyl (C=O) groups is 4. The van der Waals surface area contributed by atoms with Crippen LogP contribution in [0, 0.1) is 5.92 Å². The number of nitrogens with zero attached hydrogens (tertiary/aromatic N) is 1. The van der Waals surface area contributed by atoms with E-state index < -0.39 is 54.7 Å². The van der Waals surface area contributed by atoms with E-state index in [0.29, 0.717) is 11.4 Å². The van der Waals surface area contributed by atoms with Gasteiger partial charge in [-0.05, 0) is 48.1 Å². The predicted molar refractivity (Wildman–Crippen MR) is 109 cm³/mol. The van der Waals surface area contributed by atoms with Gasteiger partial charge < -0.3 is 14.4 Å². The van der Waals surface area contributed by atoms with Gasteiger partial charge in [-0.2, -0.15) is 26.3 Å². The number of amides is 1. The number of benzene rings is 1. The zero-order valence-corrected chi connectivity index (χ0v) is 19.4. The molecule has 0 saturated carbocycles. The first-order valence-corrected chi connectivity index (χ1v) is 10.5. The molecule has 1 aliphatic rings. The lowest BCUT2D eigenvalue weighted by atomic mass is 9.90. The highest BCUT2D eigenvalue weighted by Gasteiger charge is 2.37. The zero-order chi connectivity index (χ0) is 27.0. The highest BCUT2D eigenvalue weighted by Crippen LogP contribution is 2.34. The van der Waals surface area contributed by atoms with Crippen LogP contribution in [0.3, 0.4) is 0 Å². The standard InChI is InChI=1S/C16H17ClF3NO3.C4H2ClF3O3/c1-10-5-6-13(11-3-2-4-12(17)7-11)21(8-10)14(22)15(23)24-9-16(18,19)20;5-2(9)3(10)11-1-4(6,7)8/h2-4,7,10,13H,5-6,8-9H2,1H3;1H2/t10-,13+;/m0./s1. The van der Waals surface area contributed by atoms with Crippen LogP contribution in [0.5, 0.6) is 0 Å². The van der Waals surface area contributed by atoms with E-state index in [2.05, 4.69) is 21.1 Å². The summed E-state index contributed by atoms with van der Waals surface area (Å²) in [5.41, 5.74) is 0.742. The van der Waals surface area contributed by atoms with E-state index in [-0.39, 0.29) is 12.5 Å². The second-order valence-electron chi connectivity index (χ2n) is 7.37. The lowest BCUT2D eigenvalue weighted by molar-refractivity contribution is -0.190. The molecule has 1 aromatic rings. The number of likely N-dealkylation sites (tertiary alicyclic amines) is 1. The highest BCUT2D eigenvalue weighted by atomic mass is 35.5. The van der Waals surface area contributed by atoms with Crippen molar-refractivity contribution < 1.29 is 55.0 Å². The van der Waals surface area contributed by atoms with Crippen molar-refractivity contribution in [2.45, 2.75) is 38.2 Å². The first kappa shape index (κ1) is 30.5. The largest absolute Gasteiger partial charge is 0.449 e. The lowest BCUT2D eigenvalue weighted by Crippen LogP contribution is -2.45. The molecule has 1 amide bonds. The number of hydrogen-bond acceptors (Lipinski definition) is 6. The molecule has 0 aromatic heterocycles. The number of esters is 2. The van der Waals surface area contributed by atoms with E-state index in [1.54, 1.807) is 24.3 Å². The SMILES string of the molecule is C[C@H]1CC[C@H](c2cccc(Cl)c2)N(C(=O)C(=O)OCC(F)(F)F)C1.O=C(Cl)C(=O)OCC(F)(F)F. The van der Waals surface area contributed by atoms with Crippen molar-refractivity contribution in [3.8, 4) is 0 Å². The number of rotatable bonds is 4. The third-order valence-electron chi connectivity index (χ3n) is 4.38. The molecule has 0 unspecified atom stereocenters. The quantitative estimate of drug-likeness (QED) is 0.234. The minimum absolute atomic E-state index is 0.139. The van der Waals surface area contributed by atoms with Gasteiger partial charge in [-0.25, -0.2) is 9.59 Å². The molecule has 35 heavy (non-hydrogen) atoms.